The van der Waals surface area contributed by atoms with E-state index in [2.05, 4.69) is 11.9 Å². The molecule has 0 aliphatic carbocycles. The molecule has 1 aromatic rings. The van der Waals surface area contributed by atoms with E-state index < -0.39 is 0 Å². The van der Waals surface area contributed by atoms with Gasteiger partial charge in [0.25, 0.3) is 0 Å². The van der Waals surface area contributed by atoms with Gasteiger partial charge in [-0.3, -0.25) is 0 Å². The van der Waals surface area contributed by atoms with Gasteiger partial charge in [0.1, 0.15) is 5.82 Å². The Kier molecular flexibility index (Phi) is 6.30. The number of rotatable bonds is 2. The highest BCUT2D eigenvalue weighted by Gasteiger charge is 2.28. The molecule has 102 valence electrons. The molecule has 1 aliphatic rings. The van der Waals surface area contributed by atoms with Crippen LogP contribution in [0.4, 0.5) is 4.39 Å². The predicted molar refractivity (Wildman–Crippen MR) is 73.2 cm³/mol. The van der Waals surface area contributed by atoms with Gasteiger partial charge in [-0.2, -0.15) is 0 Å². The van der Waals surface area contributed by atoms with Gasteiger partial charge in [0.15, 0.2) is 0 Å². The van der Waals surface area contributed by atoms with Crippen LogP contribution in [0, 0.1) is 11.7 Å². The van der Waals surface area contributed by atoms with Gasteiger partial charge in [0, 0.05) is 19.1 Å². The minimum absolute atomic E-state index is 0.197. The summed E-state index contributed by atoms with van der Waals surface area (Å²) >= 11 is 0. The Morgan fingerprint density at radius 2 is 1.89 bits per heavy atom. The van der Waals surface area contributed by atoms with Crippen LogP contribution in [-0.2, 0) is 0 Å². The molecule has 1 aromatic carbocycles. The molecular weight excluding hydrogens is 229 g/mol. The Morgan fingerprint density at radius 1 is 1.28 bits per heavy atom. The fraction of sp³-hybridized carbons (Fsp3) is 0.600. The van der Waals surface area contributed by atoms with Crippen molar-refractivity contribution in [3.63, 3.8) is 0 Å². The molecule has 3 heteroatoms. The second-order valence-corrected chi connectivity index (χ2v) is 4.65. The Bertz CT molecular complexity index is 339. The lowest BCUT2D eigenvalue weighted by Gasteiger charge is -2.36. The summed E-state index contributed by atoms with van der Waals surface area (Å²) < 4.78 is 12.8. The molecule has 2 rings (SSSR count). The lowest BCUT2D eigenvalue weighted by atomic mass is 9.81. The molecule has 0 amide bonds. The van der Waals surface area contributed by atoms with Crippen LogP contribution >= 0.6 is 0 Å². The molecular formula is C15H24FNO. The molecule has 0 radical (unpaired) electrons. The fourth-order valence-electron chi connectivity index (χ4n) is 2.55. The summed E-state index contributed by atoms with van der Waals surface area (Å²) in [6.45, 7) is 6.16. The van der Waals surface area contributed by atoms with E-state index in [1.54, 1.807) is 0 Å². The normalized spacial score (nSPS) is 24.3. The molecule has 18 heavy (non-hydrogen) atoms. The van der Waals surface area contributed by atoms with Crippen LogP contribution in [0.15, 0.2) is 24.3 Å². The fourth-order valence-corrected chi connectivity index (χ4v) is 2.55. The smallest absolute Gasteiger partial charge is 0.123 e. The molecule has 2 atom stereocenters. The van der Waals surface area contributed by atoms with Crippen molar-refractivity contribution in [2.75, 3.05) is 26.7 Å². The molecule has 0 bridgehead atoms. The summed E-state index contributed by atoms with van der Waals surface area (Å²) in [5, 5.41) is 9.39. The van der Waals surface area contributed by atoms with Crippen LogP contribution in [0.25, 0.3) is 0 Å². The number of halogens is 1. The zero-order valence-electron chi connectivity index (χ0n) is 11.6. The maximum absolute atomic E-state index is 12.8. The first kappa shape index (κ1) is 15.1. The van der Waals surface area contributed by atoms with Gasteiger partial charge in [0.05, 0.1) is 0 Å². The van der Waals surface area contributed by atoms with Gasteiger partial charge in [0.2, 0.25) is 0 Å². The molecule has 1 aliphatic heterocycles. The Labute approximate surface area is 109 Å². The first-order valence-corrected chi connectivity index (χ1v) is 6.75. The van der Waals surface area contributed by atoms with E-state index in [1.165, 1.54) is 12.1 Å². The largest absolute Gasteiger partial charge is 0.396 e. The zero-order valence-corrected chi connectivity index (χ0v) is 11.6. The number of aliphatic hydroxyl groups excluding tert-OH is 1. The second kappa shape index (κ2) is 7.49. The van der Waals surface area contributed by atoms with E-state index in [0.29, 0.717) is 5.92 Å². The van der Waals surface area contributed by atoms with Gasteiger partial charge >= 0.3 is 0 Å². The van der Waals surface area contributed by atoms with Crippen LogP contribution in [0.1, 0.15) is 31.7 Å². The highest BCUT2D eigenvalue weighted by Crippen LogP contribution is 2.32. The van der Waals surface area contributed by atoms with E-state index in [-0.39, 0.29) is 18.3 Å². The van der Waals surface area contributed by atoms with Crippen LogP contribution in [0.3, 0.4) is 0 Å². The quantitative estimate of drug-likeness (QED) is 0.876. The third-order valence-corrected chi connectivity index (χ3v) is 3.47. The van der Waals surface area contributed by atoms with Gasteiger partial charge in [-0.1, -0.05) is 26.0 Å². The molecule has 1 saturated heterocycles. The third kappa shape index (κ3) is 3.79. The summed E-state index contributed by atoms with van der Waals surface area (Å²) in [7, 11) is 2.07. The summed E-state index contributed by atoms with van der Waals surface area (Å²) in [4.78, 5) is 2.24. The Balaban J connectivity index is 0.000000771. The molecule has 0 aromatic heterocycles. The van der Waals surface area contributed by atoms with E-state index >= 15 is 0 Å². The van der Waals surface area contributed by atoms with E-state index in [1.807, 2.05) is 26.0 Å². The average molecular weight is 253 g/mol. The molecule has 0 spiro atoms. The standard InChI is InChI=1S/C13H18FNO.C2H6/c1-15-7-6-13(11(8-15)9-16)10-2-4-12(14)5-3-10;1-2/h2-5,11,13,16H,6-9H2,1H3;1-2H3/t11-,13?;/m0./s1. The highest BCUT2D eigenvalue weighted by molar-refractivity contribution is 5.22. The van der Waals surface area contributed by atoms with Gasteiger partial charge in [-0.25, -0.2) is 4.39 Å². The Morgan fingerprint density at radius 3 is 2.44 bits per heavy atom. The number of benzene rings is 1. The summed E-state index contributed by atoms with van der Waals surface area (Å²) in [6, 6.07) is 6.69. The second-order valence-electron chi connectivity index (χ2n) is 4.65. The molecule has 1 heterocycles. The zero-order chi connectivity index (χ0) is 13.5. The minimum Gasteiger partial charge on any atom is -0.396 e. The van der Waals surface area contributed by atoms with Crippen LogP contribution in [0.2, 0.25) is 0 Å². The molecule has 0 saturated carbocycles. The predicted octanol–water partition coefficient (Wildman–Crippen LogP) is 2.88. The monoisotopic (exact) mass is 253 g/mol. The number of nitrogens with zero attached hydrogens (tertiary/aromatic N) is 1. The van der Waals surface area contributed by atoms with Crippen LogP contribution in [-0.4, -0.2) is 36.8 Å². The van der Waals surface area contributed by atoms with Crippen molar-refractivity contribution in [3.8, 4) is 0 Å². The minimum atomic E-state index is -0.197. The van der Waals surface area contributed by atoms with Crippen molar-refractivity contribution in [1.29, 1.82) is 0 Å². The van der Waals surface area contributed by atoms with Crippen molar-refractivity contribution in [2.24, 2.45) is 5.92 Å². The maximum Gasteiger partial charge on any atom is 0.123 e. The van der Waals surface area contributed by atoms with Crippen molar-refractivity contribution in [2.45, 2.75) is 26.2 Å². The third-order valence-electron chi connectivity index (χ3n) is 3.47. The Hall–Kier alpha value is -0.930. The van der Waals surface area contributed by atoms with Crippen LogP contribution in [0.5, 0.6) is 0 Å². The number of piperidine rings is 1. The molecule has 2 nitrogen and oxygen atoms in total. The van der Waals surface area contributed by atoms with Crippen LogP contribution < -0.4 is 0 Å². The first-order chi connectivity index (χ1) is 8.70. The van der Waals surface area contributed by atoms with Gasteiger partial charge in [-0.05, 0) is 43.6 Å². The summed E-state index contributed by atoms with van der Waals surface area (Å²) in [6.07, 6.45) is 1.04. The lowest BCUT2D eigenvalue weighted by Crippen LogP contribution is -2.38. The highest BCUT2D eigenvalue weighted by atomic mass is 19.1. The SMILES string of the molecule is CC.CN1CCC(c2ccc(F)cc2)[C@H](CO)C1. The van der Waals surface area contributed by atoms with E-state index in [4.69, 9.17) is 0 Å². The van der Waals surface area contributed by atoms with Crippen molar-refractivity contribution >= 4 is 0 Å². The number of likely N-dealkylation sites (tertiary alicyclic amines) is 1. The first-order valence-electron chi connectivity index (χ1n) is 6.75. The number of hydrogen-bond donors (Lipinski definition) is 1. The van der Waals surface area contributed by atoms with Crippen molar-refractivity contribution in [3.05, 3.63) is 35.6 Å². The van der Waals surface area contributed by atoms with E-state index in [0.717, 1.165) is 25.1 Å². The summed E-state index contributed by atoms with van der Waals surface area (Å²) in [5.41, 5.74) is 1.15. The van der Waals surface area contributed by atoms with E-state index in [9.17, 15) is 9.50 Å². The van der Waals surface area contributed by atoms with Crippen molar-refractivity contribution < 1.29 is 9.50 Å². The number of aliphatic hydroxyl groups is 1. The molecule has 1 unspecified atom stereocenters. The molecule has 1 fully saturated rings. The number of hydrogen-bond acceptors (Lipinski definition) is 2. The summed E-state index contributed by atoms with van der Waals surface area (Å²) in [5.74, 6) is 0.434. The van der Waals surface area contributed by atoms with Gasteiger partial charge in [-0.15, -0.1) is 0 Å². The lowest BCUT2D eigenvalue weighted by molar-refractivity contribution is 0.118. The maximum atomic E-state index is 12.8. The topological polar surface area (TPSA) is 23.5 Å². The van der Waals surface area contributed by atoms with Gasteiger partial charge < -0.3 is 10.0 Å². The average Bonchev–Trinajstić information content (AvgIpc) is 2.42. The van der Waals surface area contributed by atoms with Crippen molar-refractivity contribution in [1.82, 2.24) is 4.90 Å². The molecule has 1 N–H and O–H groups in total.